The number of rotatable bonds is 6. The zero-order chi connectivity index (χ0) is 13.7. The maximum atomic E-state index is 11.3. The summed E-state index contributed by atoms with van der Waals surface area (Å²) >= 11 is 1.90. The summed E-state index contributed by atoms with van der Waals surface area (Å²) in [7, 11) is 0. The van der Waals surface area contributed by atoms with Crippen molar-refractivity contribution >= 4 is 23.7 Å². The molecule has 0 aromatic rings. The number of hydrogen-bond donors (Lipinski definition) is 3. The highest BCUT2D eigenvalue weighted by molar-refractivity contribution is 8.00. The summed E-state index contributed by atoms with van der Waals surface area (Å²) in [6, 6.07) is 0.489. The second-order valence-corrected chi connectivity index (χ2v) is 6.12. The second kappa shape index (κ2) is 6.71. The van der Waals surface area contributed by atoms with E-state index < -0.39 is 0 Å². The third kappa shape index (κ3) is 3.80. The Morgan fingerprint density at radius 2 is 2.32 bits per heavy atom. The molecule has 6 heteroatoms. The normalized spacial score (nSPS) is 28.2. The lowest BCUT2D eigenvalue weighted by Gasteiger charge is -2.16. The lowest BCUT2D eigenvalue weighted by Crippen LogP contribution is -2.36. The topological polar surface area (TPSA) is 70.2 Å². The molecule has 3 N–H and O–H groups in total. The summed E-state index contributed by atoms with van der Waals surface area (Å²) in [5.74, 6) is 3.38. The van der Waals surface area contributed by atoms with E-state index in [4.69, 9.17) is 6.42 Å². The highest BCUT2D eigenvalue weighted by atomic mass is 32.2. The molecule has 2 aliphatic rings. The van der Waals surface area contributed by atoms with Crippen molar-refractivity contribution in [1.82, 2.24) is 16.0 Å². The van der Waals surface area contributed by atoms with Gasteiger partial charge in [0.25, 0.3) is 0 Å². The van der Waals surface area contributed by atoms with Gasteiger partial charge in [0, 0.05) is 17.4 Å². The van der Waals surface area contributed by atoms with Crippen molar-refractivity contribution in [2.45, 2.75) is 43.0 Å². The summed E-state index contributed by atoms with van der Waals surface area (Å²) in [6.07, 6.45) is 8.50. The molecule has 0 aliphatic carbocycles. The van der Waals surface area contributed by atoms with Gasteiger partial charge in [0.05, 0.1) is 18.6 Å². The number of nitrogens with one attached hydrogen (secondary N) is 3. The zero-order valence-corrected chi connectivity index (χ0v) is 11.6. The maximum Gasteiger partial charge on any atom is 0.315 e. The predicted molar refractivity (Wildman–Crippen MR) is 75.8 cm³/mol. The van der Waals surface area contributed by atoms with E-state index in [9.17, 15) is 9.59 Å². The van der Waals surface area contributed by atoms with Gasteiger partial charge in [-0.05, 0) is 12.8 Å². The van der Waals surface area contributed by atoms with Gasteiger partial charge in [-0.2, -0.15) is 11.8 Å². The molecule has 0 bridgehead atoms. The van der Waals surface area contributed by atoms with E-state index in [-0.39, 0.29) is 24.0 Å². The lowest BCUT2D eigenvalue weighted by molar-refractivity contribution is -0.120. The van der Waals surface area contributed by atoms with Crippen molar-refractivity contribution < 1.29 is 9.59 Å². The molecule has 2 fully saturated rings. The third-order valence-corrected chi connectivity index (χ3v) is 4.98. The van der Waals surface area contributed by atoms with E-state index in [1.54, 1.807) is 0 Å². The SMILES string of the molecule is C#CCNC(=O)CCCCC1SC[C@H]2NC(=O)N[C@@H]12. The van der Waals surface area contributed by atoms with Crippen molar-refractivity contribution in [3.05, 3.63) is 0 Å². The summed E-state index contributed by atoms with van der Waals surface area (Å²) in [5.41, 5.74) is 0. The Hall–Kier alpha value is -1.35. The molecule has 0 saturated carbocycles. The molecule has 3 amide bonds. The standard InChI is InChI=1S/C13H19N3O2S/c1-2-7-14-11(17)6-4-3-5-10-12-9(8-19-10)15-13(18)16-12/h1,9-10,12H,3-8H2,(H,14,17)(H2,15,16,18)/t9-,10?,12-/m1/s1. The van der Waals surface area contributed by atoms with E-state index in [1.165, 1.54) is 0 Å². The van der Waals surface area contributed by atoms with Crippen LogP contribution >= 0.6 is 11.8 Å². The van der Waals surface area contributed by atoms with Gasteiger partial charge in [-0.25, -0.2) is 4.79 Å². The number of unbranched alkanes of at least 4 members (excludes halogenated alkanes) is 1. The van der Waals surface area contributed by atoms with Crippen LogP contribution in [0.5, 0.6) is 0 Å². The fraction of sp³-hybridized carbons (Fsp3) is 0.692. The van der Waals surface area contributed by atoms with E-state index in [0.717, 1.165) is 25.0 Å². The Morgan fingerprint density at radius 3 is 3.11 bits per heavy atom. The highest BCUT2D eigenvalue weighted by Gasteiger charge is 2.42. The Bertz CT molecular complexity index is 394. The van der Waals surface area contributed by atoms with Crippen molar-refractivity contribution in [2.24, 2.45) is 0 Å². The first-order valence-corrected chi connectivity index (χ1v) is 7.64. The highest BCUT2D eigenvalue weighted by Crippen LogP contribution is 2.33. The van der Waals surface area contributed by atoms with Gasteiger partial charge in [-0.3, -0.25) is 4.79 Å². The summed E-state index contributed by atoms with van der Waals surface area (Å²) in [6.45, 7) is 0.304. The van der Waals surface area contributed by atoms with E-state index in [2.05, 4.69) is 21.9 Å². The number of thioether (sulfide) groups is 1. The van der Waals surface area contributed by atoms with Crippen LogP contribution in [0.25, 0.3) is 0 Å². The molecule has 3 atom stereocenters. The van der Waals surface area contributed by atoms with Crippen molar-refractivity contribution in [2.75, 3.05) is 12.3 Å². The maximum absolute atomic E-state index is 11.3. The summed E-state index contributed by atoms with van der Waals surface area (Å²) in [5, 5.41) is 9.02. The molecule has 2 saturated heterocycles. The number of hydrogen-bond acceptors (Lipinski definition) is 3. The molecule has 19 heavy (non-hydrogen) atoms. The van der Waals surface area contributed by atoms with Gasteiger partial charge in [0.1, 0.15) is 0 Å². The molecule has 2 rings (SSSR count). The number of carbonyl (C=O) groups is 2. The second-order valence-electron chi connectivity index (χ2n) is 4.85. The van der Waals surface area contributed by atoms with Crippen molar-refractivity contribution in [3.8, 4) is 12.3 Å². The first kappa shape index (κ1) is 14.1. The number of amides is 3. The van der Waals surface area contributed by atoms with Crippen LogP contribution in [-0.4, -0.2) is 41.6 Å². The molecule has 5 nitrogen and oxygen atoms in total. The average Bonchev–Trinajstić information content (AvgIpc) is 2.92. The number of carbonyl (C=O) groups excluding carboxylic acids is 2. The molecule has 2 aliphatic heterocycles. The summed E-state index contributed by atoms with van der Waals surface area (Å²) < 4.78 is 0. The van der Waals surface area contributed by atoms with Crippen LogP contribution in [0.15, 0.2) is 0 Å². The zero-order valence-electron chi connectivity index (χ0n) is 10.8. The predicted octanol–water partition coefficient (Wildman–Crippen LogP) is 0.462. The van der Waals surface area contributed by atoms with Crippen molar-refractivity contribution in [3.63, 3.8) is 0 Å². The molecule has 0 aromatic carbocycles. The van der Waals surface area contributed by atoms with Crippen molar-refractivity contribution in [1.29, 1.82) is 0 Å². The van der Waals surface area contributed by atoms with Gasteiger partial charge < -0.3 is 16.0 Å². The van der Waals surface area contributed by atoms with E-state index in [0.29, 0.717) is 18.2 Å². The van der Waals surface area contributed by atoms with Crippen LogP contribution in [0.2, 0.25) is 0 Å². The largest absolute Gasteiger partial charge is 0.345 e. The first-order valence-electron chi connectivity index (χ1n) is 6.59. The lowest BCUT2D eigenvalue weighted by atomic mass is 10.0. The third-order valence-electron chi connectivity index (χ3n) is 3.47. The van der Waals surface area contributed by atoms with Gasteiger partial charge in [0.15, 0.2) is 0 Å². The Kier molecular flexibility index (Phi) is 4.97. The number of urea groups is 1. The Balaban J connectivity index is 1.60. The molecule has 0 spiro atoms. The minimum absolute atomic E-state index is 0.0192. The average molecular weight is 281 g/mol. The van der Waals surface area contributed by atoms with E-state index >= 15 is 0 Å². The summed E-state index contributed by atoms with van der Waals surface area (Å²) in [4.78, 5) is 22.6. The van der Waals surface area contributed by atoms with Gasteiger partial charge in [-0.15, -0.1) is 6.42 Å². The van der Waals surface area contributed by atoms with Gasteiger partial charge in [-0.1, -0.05) is 12.3 Å². The Morgan fingerprint density at radius 1 is 1.47 bits per heavy atom. The fourth-order valence-electron chi connectivity index (χ4n) is 2.51. The van der Waals surface area contributed by atoms with Crippen LogP contribution in [0.4, 0.5) is 4.79 Å². The molecule has 2 heterocycles. The monoisotopic (exact) mass is 281 g/mol. The molecular formula is C13H19N3O2S. The number of terminal acetylenes is 1. The number of fused-ring (bicyclic) bond motifs is 1. The minimum Gasteiger partial charge on any atom is -0.345 e. The van der Waals surface area contributed by atoms with Gasteiger partial charge >= 0.3 is 6.03 Å². The molecule has 104 valence electrons. The van der Waals surface area contributed by atoms with Crippen LogP contribution in [0.1, 0.15) is 25.7 Å². The first-order chi connectivity index (χ1) is 9.20. The smallest absolute Gasteiger partial charge is 0.315 e. The molecule has 1 unspecified atom stereocenters. The van der Waals surface area contributed by atoms with E-state index in [1.807, 2.05) is 11.8 Å². The van der Waals surface area contributed by atoms with Crippen LogP contribution < -0.4 is 16.0 Å². The minimum atomic E-state index is -0.0473. The molecule has 0 radical (unpaired) electrons. The van der Waals surface area contributed by atoms with Gasteiger partial charge in [0.2, 0.25) is 5.91 Å². The Labute approximate surface area is 117 Å². The van der Waals surface area contributed by atoms with Crippen LogP contribution in [0, 0.1) is 12.3 Å². The molecular weight excluding hydrogens is 262 g/mol. The van der Waals surface area contributed by atoms with Crippen LogP contribution in [-0.2, 0) is 4.79 Å². The fourth-order valence-corrected chi connectivity index (χ4v) is 4.06. The van der Waals surface area contributed by atoms with Crippen LogP contribution in [0.3, 0.4) is 0 Å². The quantitative estimate of drug-likeness (QED) is 0.376. The molecule has 0 aromatic heterocycles.